The number of hydrogen-bond acceptors (Lipinski definition) is 4. The summed E-state index contributed by atoms with van der Waals surface area (Å²) in [7, 11) is 0. The molecular weight excluding hydrogens is 268 g/mol. The first-order chi connectivity index (χ1) is 10.1. The van der Waals surface area contributed by atoms with Gasteiger partial charge in [0.15, 0.2) is 0 Å². The lowest BCUT2D eigenvalue weighted by atomic mass is 9.84. The number of carboxylic acid groups (broad SMARTS) is 1. The smallest absolute Gasteiger partial charge is 0.324 e. The van der Waals surface area contributed by atoms with Crippen LogP contribution in [0.15, 0.2) is 0 Å². The lowest BCUT2D eigenvalue weighted by Crippen LogP contribution is -2.55. The van der Waals surface area contributed by atoms with Crippen molar-refractivity contribution in [1.29, 1.82) is 0 Å². The maximum Gasteiger partial charge on any atom is 0.324 e. The van der Waals surface area contributed by atoms with Gasteiger partial charge < -0.3 is 15.2 Å². The number of likely N-dealkylation sites (N-methyl/N-ethyl adjacent to an activating group) is 1. The van der Waals surface area contributed by atoms with Gasteiger partial charge in [0, 0.05) is 12.6 Å². The number of ether oxygens (including phenoxy) is 1. The summed E-state index contributed by atoms with van der Waals surface area (Å²) in [6, 6.07) is 0.499. The Kier molecular flexibility index (Phi) is 6.02. The minimum absolute atomic E-state index is 0.246. The average Bonchev–Trinajstić information content (AvgIpc) is 2.90. The van der Waals surface area contributed by atoms with Crippen LogP contribution in [-0.4, -0.2) is 60.4 Å². The Labute approximate surface area is 128 Å². The van der Waals surface area contributed by atoms with Gasteiger partial charge in [-0.25, -0.2) is 0 Å². The van der Waals surface area contributed by atoms with Gasteiger partial charge in [0.2, 0.25) is 0 Å². The molecule has 1 heterocycles. The van der Waals surface area contributed by atoms with Gasteiger partial charge in [-0.2, -0.15) is 0 Å². The van der Waals surface area contributed by atoms with Crippen molar-refractivity contribution in [3.05, 3.63) is 0 Å². The first-order valence-electron chi connectivity index (χ1n) is 8.44. The monoisotopic (exact) mass is 298 g/mol. The molecule has 1 aliphatic heterocycles. The molecule has 1 saturated heterocycles. The van der Waals surface area contributed by atoms with Gasteiger partial charge in [0.05, 0.1) is 13.2 Å². The summed E-state index contributed by atoms with van der Waals surface area (Å²) < 4.78 is 5.54. The molecule has 0 amide bonds. The molecule has 3 unspecified atom stereocenters. The average molecular weight is 298 g/mol. The topological polar surface area (TPSA) is 61.8 Å². The van der Waals surface area contributed by atoms with E-state index < -0.39 is 11.5 Å². The van der Waals surface area contributed by atoms with E-state index in [0.29, 0.717) is 6.04 Å². The lowest BCUT2D eigenvalue weighted by Gasteiger charge is -2.38. The van der Waals surface area contributed by atoms with E-state index in [9.17, 15) is 9.90 Å². The van der Waals surface area contributed by atoms with Crippen LogP contribution in [0.5, 0.6) is 0 Å². The van der Waals surface area contributed by atoms with Gasteiger partial charge in [-0.05, 0) is 44.7 Å². The Morgan fingerprint density at radius 2 is 2.29 bits per heavy atom. The number of rotatable bonds is 7. The van der Waals surface area contributed by atoms with Gasteiger partial charge >= 0.3 is 5.97 Å². The highest BCUT2D eigenvalue weighted by molar-refractivity contribution is 5.79. The fourth-order valence-electron chi connectivity index (χ4n) is 4.06. The van der Waals surface area contributed by atoms with Crippen LogP contribution in [0.4, 0.5) is 0 Å². The Morgan fingerprint density at radius 3 is 2.95 bits per heavy atom. The van der Waals surface area contributed by atoms with Gasteiger partial charge in [-0.15, -0.1) is 0 Å². The van der Waals surface area contributed by atoms with Crippen LogP contribution in [0, 0.1) is 5.92 Å². The SMILES string of the molecule is CCNC1(C(=O)O)CCCC1CCN1CCOCC1CC. The minimum atomic E-state index is -0.692. The van der Waals surface area contributed by atoms with E-state index in [2.05, 4.69) is 17.1 Å². The van der Waals surface area contributed by atoms with E-state index in [0.717, 1.165) is 65.0 Å². The number of nitrogens with zero attached hydrogens (tertiary/aromatic N) is 1. The number of morpholine rings is 1. The van der Waals surface area contributed by atoms with Crippen molar-refractivity contribution in [3.8, 4) is 0 Å². The first-order valence-corrected chi connectivity index (χ1v) is 8.44. The molecule has 2 aliphatic rings. The highest BCUT2D eigenvalue weighted by Gasteiger charge is 2.48. The largest absolute Gasteiger partial charge is 0.480 e. The molecule has 5 nitrogen and oxygen atoms in total. The van der Waals surface area contributed by atoms with Crippen LogP contribution >= 0.6 is 0 Å². The molecule has 0 aromatic rings. The molecule has 3 atom stereocenters. The second-order valence-corrected chi connectivity index (χ2v) is 6.36. The summed E-state index contributed by atoms with van der Waals surface area (Å²) in [5, 5.41) is 13.0. The molecule has 2 fully saturated rings. The molecule has 1 aliphatic carbocycles. The molecule has 2 rings (SSSR count). The fraction of sp³-hybridized carbons (Fsp3) is 0.938. The van der Waals surface area contributed by atoms with E-state index in [1.165, 1.54) is 0 Å². The van der Waals surface area contributed by atoms with Crippen LogP contribution in [-0.2, 0) is 9.53 Å². The third kappa shape index (κ3) is 3.58. The second kappa shape index (κ2) is 7.56. The predicted molar refractivity (Wildman–Crippen MR) is 82.5 cm³/mol. The first kappa shape index (κ1) is 16.7. The Hall–Kier alpha value is -0.650. The molecule has 122 valence electrons. The van der Waals surface area contributed by atoms with Crippen molar-refractivity contribution in [1.82, 2.24) is 10.2 Å². The zero-order valence-corrected chi connectivity index (χ0v) is 13.4. The number of carbonyl (C=O) groups is 1. The standard InChI is InChI=1S/C16H30N2O3/c1-3-14-12-21-11-10-18(14)9-7-13-6-5-8-16(13,15(19)20)17-4-2/h13-14,17H,3-12H2,1-2H3,(H,19,20). The molecule has 0 aromatic carbocycles. The molecule has 0 bridgehead atoms. The maximum atomic E-state index is 11.8. The van der Waals surface area contributed by atoms with Crippen molar-refractivity contribution in [3.63, 3.8) is 0 Å². The molecule has 0 spiro atoms. The van der Waals surface area contributed by atoms with Crippen LogP contribution in [0.3, 0.4) is 0 Å². The van der Waals surface area contributed by atoms with Gasteiger partial charge in [-0.3, -0.25) is 9.69 Å². The summed E-state index contributed by atoms with van der Waals surface area (Å²) in [4.78, 5) is 14.3. The van der Waals surface area contributed by atoms with E-state index in [4.69, 9.17) is 4.74 Å². The maximum absolute atomic E-state index is 11.8. The lowest BCUT2D eigenvalue weighted by molar-refractivity contribution is -0.146. The second-order valence-electron chi connectivity index (χ2n) is 6.36. The summed E-state index contributed by atoms with van der Waals surface area (Å²) in [6.45, 7) is 8.51. The van der Waals surface area contributed by atoms with Crippen molar-refractivity contribution in [2.24, 2.45) is 5.92 Å². The van der Waals surface area contributed by atoms with E-state index in [-0.39, 0.29) is 5.92 Å². The molecule has 1 saturated carbocycles. The highest BCUT2D eigenvalue weighted by atomic mass is 16.5. The highest BCUT2D eigenvalue weighted by Crippen LogP contribution is 2.38. The number of hydrogen-bond donors (Lipinski definition) is 2. The Morgan fingerprint density at radius 1 is 1.48 bits per heavy atom. The third-order valence-electron chi connectivity index (χ3n) is 5.28. The summed E-state index contributed by atoms with van der Waals surface area (Å²) in [5.41, 5.74) is -0.692. The molecule has 5 heteroatoms. The molecule has 21 heavy (non-hydrogen) atoms. The van der Waals surface area contributed by atoms with E-state index >= 15 is 0 Å². The zero-order valence-electron chi connectivity index (χ0n) is 13.4. The molecular formula is C16H30N2O3. The van der Waals surface area contributed by atoms with Crippen LogP contribution < -0.4 is 5.32 Å². The van der Waals surface area contributed by atoms with Gasteiger partial charge in [0.1, 0.15) is 5.54 Å². The quantitative estimate of drug-likeness (QED) is 0.749. The third-order valence-corrected chi connectivity index (χ3v) is 5.28. The van der Waals surface area contributed by atoms with Crippen LogP contribution in [0.1, 0.15) is 46.0 Å². The van der Waals surface area contributed by atoms with Crippen LogP contribution in [0.2, 0.25) is 0 Å². The van der Waals surface area contributed by atoms with Gasteiger partial charge in [0.25, 0.3) is 0 Å². The minimum Gasteiger partial charge on any atom is -0.480 e. The Bertz CT molecular complexity index is 350. The number of aliphatic carboxylic acids is 1. The fourth-order valence-corrected chi connectivity index (χ4v) is 4.06. The molecule has 0 aromatic heterocycles. The molecule has 2 N–H and O–H groups in total. The summed E-state index contributed by atoms with van der Waals surface area (Å²) in [5.74, 6) is -0.420. The summed E-state index contributed by atoms with van der Waals surface area (Å²) >= 11 is 0. The van der Waals surface area contributed by atoms with Crippen LogP contribution in [0.25, 0.3) is 0 Å². The zero-order chi connectivity index (χ0) is 15.3. The normalized spacial score (nSPS) is 34.2. The Balaban J connectivity index is 1.95. The number of carboxylic acids is 1. The van der Waals surface area contributed by atoms with E-state index in [1.807, 2.05) is 6.92 Å². The van der Waals surface area contributed by atoms with Crippen molar-refractivity contribution >= 4 is 5.97 Å². The molecule has 0 radical (unpaired) electrons. The van der Waals surface area contributed by atoms with Gasteiger partial charge in [-0.1, -0.05) is 20.3 Å². The van der Waals surface area contributed by atoms with Crippen molar-refractivity contribution < 1.29 is 14.6 Å². The van der Waals surface area contributed by atoms with E-state index in [1.54, 1.807) is 0 Å². The summed E-state index contributed by atoms with van der Waals surface area (Å²) in [6.07, 6.45) is 4.88. The van der Waals surface area contributed by atoms with Crippen molar-refractivity contribution in [2.45, 2.75) is 57.5 Å². The predicted octanol–water partition coefficient (Wildman–Crippen LogP) is 1.72. The van der Waals surface area contributed by atoms with Crippen molar-refractivity contribution in [2.75, 3.05) is 32.8 Å². The number of nitrogens with one attached hydrogen (secondary N) is 1.